The van der Waals surface area contributed by atoms with Crippen LogP contribution in [-0.2, 0) is 0 Å². The summed E-state index contributed by atoms with van der Waals surface area (Å²) < 4.78 is 0. The van der Waals surface area contributed by atoms with Crippen LogP contribution in [0.5, 0.6) is 0 Å². The molecule has 1 atom stereocenters. The lowest BCUT2D eigenvalue weighted by molar-refractivity contribution is 0.0934. The predicted octanol–water partition coefficient (Wildman–Crippen LogP) is 3.62. The zero-order valence-corrected chi connectivity index (χ0v) is 15.6. The monoisotopic (exact) mass is 373 g/mol. The number of anilines is 3. The highest BCUT2D eigenvalue weighted by atomic mass is 16.1. The van der Waals surface area contributed by atoms with Crippen molar-refractivity contribution in [1.29, 1.82) is 0 Å². The van der Waals surface area contributed by atoms with Crippen molar-refractivity contribution >= 4 is 23.2 Å². The van der Waals surface area contributed by atoms with Gasteiger partial charge in [0.25, 0.3) is 5.91 Å². The van der Waals surface area contributed by atoms with Gasteiger partial charge in [-0.1, -0.05) is 30.3 Å². The Morgan fingerprint density at radius 1 is 0.964 bits per heavy atom. The van der Waals surface area contributed by atoms with E-state index in [0.29, 0.717) is 18.1 Å². The van der Waals surface area contributed by atoms with Crippen LogP contribution in [0.2, 0.25) is 0 Å². The van der Waals surface area contributed by atoms with E-state index in [0.717, 1.165) is 30.8 Å². The lowest BCUT2D eigenvalue weighted by Gasteiger charge is -2.33. The number of nitrogens with zero attached hydrogens (tertiary/aromatic N) is 3. The number of aromatic nitrogens is 2. The molecule has 3 aromatic rings. The molecule has 1 fully saturated rings. The number of carbonyl (C=O) groups excluding carboxylic acids is 1. The molecule has 2 heterocycles. The normalized spacial score (nSPS) is 16.4. The molecule has 28 heavy (non-hydrogen) atoms. The van der Waals surface area contributed by atoms with E-state index in [4.69, 9.17) is 0 Å². The minimum Gasteiger partial charge on any atom is -0.355 e. The van der Waals surface area contributed by atoms with Gasteiger partial charge in [0.2, 0.25) is 5.95 Å². The van der Waals surface area contributed by atoms with Gasteiger partial charge in [-0.3, -0.25) is 4.79 Å². The number of amides is 1. The third-order valence-corrected chi connectivity index (χ3v) is 4.82. The van der Waals surface area contributed by atoms with E-state index < -0.39 is 0 Å². The van der Waals surface area contributed by atoms with Gasteiger partial charge in [-0.05, 0) is 43.2 Å². The predicted molar refractivity (Wildman–Crippen MR) is 111 cm³/mol. The Labute approximate surface area is 164 Å². The second-order valence-corrected chi connectivity index (χ2v) is 6.84. The van der Waals surface area contributed by atoms with Gasteiger partial charge in [0.05, 0.1) is 11.3 Å². The van der Waals surface area contributed by atoms with Crippen molar-refractivity contribution in [2.75, 3.05) is 23.3 Å². The van der Waals surface area contributed by atoms with E-state index in [1.807, 2.05) is 60.7 Å². The molecule has 6 heteroatoms. The molecule has 6 nitrogen and oxygen atoms in total. The number of nitrogens with one attached hydrogen (secondary N) is 2. The summed E-state index contributed by atoms with van der Waals surface area (Å²) in [7, 11) is 0. The lowest BCUT2D eigenvalue weighted by atomic mass is 10.0. The van der Waals surface area contributed by atoms with Crippen molar-refractivity contribution in [1.82, 2.24) is 15.3 Å². The van der Waals surface area contributed by atoms with Crippen LogP contribution < -0.4 is 15.5 Å². The molecule has 1 amide bonds. The number of hydrogen-bond donors (Lipinski definition) is 2. The molecule has 0 radical (unpaired) electrons. The number of benzene rings is 2. The van der Waals surface area contributed by atoms with Crippen LogP contribution in [0, 0.1) is 0 Å². The highest BCUT2D eigenvalue weighted by Gasteiger charge is 2.24. The van der Waals surface area contributed by atoms with E-state index in [2.05, 4.69) is 25.5 Å². The zero-order valence-electron chi connectivity index (χ0n) is 15.6. The third kappa shape index (κ3) is 4.28. The van der Waals surface area contributed by atoms with Gasteiger partial charge >= 0.3 is 0 Å². The SMILES string of the molecule is O=C(N[C@H]1CCCN(c2ncccn2)C1)c1ccccc1Nc1ccccc1. The Bertz CT molecular complexity index is 916. The molecule has 0 spiro atoms. The summed E-state index contributed by atoms with van der Waals surface area (Å²) in [6.07, 6.45) is 5.43. The summed E-state index contributed by atoms with van der Waals surface area (Å²) in [5.41, 5.74) is 2.39. The zero-order chi connectivity index (χ0) is 19.2. The minimum atomic E-state index is -0.0696. The van der Waals surface area contributed by atoms with Gasteiger partial charge in [-0.25, -0.2) is 9.97 Å². The van der Waals surface area contributed by atoms with Crippen molar-refractivity contribution in [3.63, 3.8) is 0 Å². The Hall–Kier alpha value is -3.41. The van der Waals surface area contributed by atoms with Crippen LogP contribution in [0.3, 0.4) is 0 Å². The maximum absolute atomic E-state index is 13.0. The summed E-state index contributed by atoms with van der Waals surface area (Å²) in [6, 6.07) is 19.3. The van der Waals surface area contributed by atoms with E-state index in [-0.39, 0.29) is 11.9 Å². The average molecular weight is 373 g/mol. The highest BCUT2D eigenvalue weighted by molar-refractivity contribution is 6.00. The van der Waals surface area contributed by atoms with Gasteiger partial charge < -0.3 is 15.5 Å². The molecule has 2 N–H and O–H groups in total. The summed E-state index contributed by atoms with van der Waals surface area (Å²) in [5.74, 6) is 0.646. The molecule has 2 aromatic carbocycles. The van der Waals surface area contributed by atoms with Gasteiger partial charge in [0, 0.05) is 37.2 Å². The second kappa shape index (κ2) is 8.52. The van der Waals surface area contributed by atoms with Crippen LogP contribution in [0.15, 0.2) is 73.1 Å². The number of piperidine rings is 1. The quantitative estimate of drug-likeness (QED) is 0.715. The number of carbonyl (C=O) groups is 1. The molecule has 0 bridgehead atoms. The Kier molecular flexibility index (Phi) is 5.47. The largest absolute Gasteiger partial charge is 0.355 e. The smallest absolute Gasteiger partial charge is 0.253 e. The summed E-state index contributed by atoms with van der Waals surface area (Å²) in [4.78, 5) is 23.7. The highest BCUT2D eigenvalue weighted by Crippen LogP contribution is 2.22. The molecular formula is C22H23N5O. The first kappa shape index (κ1) is 18.0. The van der Waals surface area contributed by atoms with E-state index in [1.165, 1.54) is 0 Å². The van der Waals surface area contributed by atoms with Crippen LogP contribution in [0.4, 0.5) is 17.3 Å². The summed E-state index contributed by atoms with van der Waals surface area (Å²) in [6.45, 7) is 1.62. The van der Waals surface area contributed by atoms with Crippen molar-refractivity contribution in [2.24, 2.45) is 0 Å². The minimum absolute atomic E-state index is 0.0647. The maximum Gasteiger partial charge on any atom is 0.253 e. The first-order valence-corrected chi connectivity index (χ1v) is 9.53. The van der Waals surface area contributed by atoms with E-state index in [1.54, 1.807) is 12.4 Å². The second-order valence-electron chi connectivity index (χ2n) is 6.84. The molecule has 1 aromatic heterocycles. The van der Waals surface area contributed by atoms with Crippen LogP contribution in [0.1, 0.15) is 23.2 Å². The van der Waals surface area contributed by atoms with Crippen molar-refractivity contribution in [2.45, 2.75) is 18.9 Å². The van der Waals surface area contributed by atoms with Crippen LogP contribution >= 0.6 is 0 Å². The molecule has 1 aliphatic heterocycles. The summed E-state index contributed by atoms with van der Waals surface area (Å²) >= 11 is 0. The lowest BCUT2D eigenvalue weighted by Crippen LogP contribution is -2.48. The summed E-state index contributed by atoms with van der Waals surface area (Å²) in [5, 5.41) is 6.52. The molecule has 0 unspecified atom stereocenters. The third-order valence-electron chi connectivity index (χ3n) is 4.82. The van der Waals surface area contributed by atoms with Crippen LogP contribution in [0.25, 0.3) is 0 Å². The number of para-hydroxylation sites is 2. The average Bonchev–Trinajstić information content (AvgIpc) is 2.76. The fourth-order valence-electron chi connectivity index (χ4n) is 3.46. The molecule has 4 rings (SSSR count). The Morgan fingerprint density at radius 2 is 1.71 bits per heavy atom. The van der Waals surface area contributed by atoms with Gasteiger partial charge in [0.15, 0.2) is 0 Å². The first-order valence-electron chi connectivity index (χ1n) is 9.53. The topological polar surface area (TPSA) is 70.2 Å². The van der Waals surface area contributed by atoms with E-state index in [9.17, 15) is 4.79 Å². The molecule has 1 aliphatic rings. The van der Waals surface area contributed by atoms with Gasteiger partial charge in [-0.2, -0.15) is 0 Å². The fraction of sp³-hybridized carbons (Fsp3) is 0.227. The molecular weight excluding hydrogens is 350 g/mol. The fourth-order valence-corrected chi connectivity index (χ4v) is 3.46. The maximum atomic E-state index is 13.0. The van der Waals surface area contributed by atoms with Crippen molar-refractivity contribution in [3.8, 4) is 0 Å². The standard InChI is InChI=1S/C22H23N5O/c28-21(19-11-4-5-12-20(19)25-17-8-2-1-3-9-17)26-18-10-6-15-27(16-18)22-23-13-7-14-24-22/h1-5,7-9,11-14,18,25H,6,10,15-16H2,(H,26,28)/t18-/m0/s1. The first-order chi connectivity index (χ1) is 13.8. The molecule has 1 saturated heterocycles. The van der Waals surface area contributed by atoms with Gasteiger partial charge in [0.1, 0.15) is 0 Å². The van der Waals surface area contributed by atoms with E-state index >= 15 is 0 Å². The van der Waals surface area contributed by atoms with Gasteiger partial charge in [-0.15, -0.1) is 0 Å². The Morgan fingerprint density at radius 3 is 2.54 bits per heavy atom. The molecule has 0 saturated carbocycles. The Balaban J connectivity index is 1.45. The molecule has 0 aliphatic carbocycles. The van der Waals surface area contributed by atoms with Crippen LogP contribution in [-0.4, -0.2) is 35.0 Å². The molecule has 142 valence electrons. The number of hydrogen-bond acceptors (Lipinski definition) is 5. The van der Waals surface area contributed by atoms with Crippen molar-refractivity contribution < 1.29 is 4.79 Å². The number of rotatable bonds is 5. The van der Waals surface area contributed by atoms with Crippen molar-refractivity contribution in [3.05, 3.63) is 78.6 Å².